The van der Waals surface area contributed by atoms with Crippen LogP contribution >= 0.6 is 0 Å². The molecule has 0 radical (unpaired) electrons. The van der Waals surface area contributed by atoms with Crippen LogP contribution in [0.5, 0.6) is 0 Å². The number of ketones is 1. The number of esters is 1. The maximum absolute atomic E-state index is 13.4. The number of carbonyl (C=O) groups is 5. The van der Waals surface area contributed by atoms with Gasteiger partial charge in [-0.05, 0) is 51.5 Å². The largest absolute Gasteiger partial charge is 0.461 e. The van der Waals surface area contributed by atoms with Crippen molar-refractivity contribution in [3.05, 3.63) is 41.4 Å². The van der Waals surface area contributed by atoms with Gasteiger partial charge in [0.05, 0.1) is 12.1 Å². The molecule has 3 amide bonds. The van der Waals surface area contributed by atoms with E-state index >= 15 is 0 Å². The predicted molar refractivity (Wildman–Crippen MR) is 149 cm³/mol. The van der Waals surface area contributed by atoms with E-state index in [4.69, 9.17) is 10.3 Å². The van der Waals surface area contributed by atoms with E-state index in [9.17, 15) is 24.0 Å². The zero-order chi connectivity index (χ0) is 29.9. The summed E-state index contributed by atoms with van der Waals surface area (Å²) in [6, 6.07) is 7.51. The number of ether oxygens (including phenoxy) is 1. The van der Waals surface area contributed by atoms with Crippen LogP contribution in [0, 0.1) is 0 Å². The molecule has 0 saturated heterocycles. The van der Waals surface area contributed by atoms with E-state index in [2.05, 4.69) is 26.1 Å². The Bertz CT molecular complexity index is 1030. The smallest absolute Gasteiger partial charge is 0.328 e. The number of nitrogens with zero attached hydrogens (tertiary/aromatic N) is 2. The van der Waals surface area contributed by atoms with Crippen molar-refractivity contribution in [2.75, 3.05) is 13.1 Å². The molecule has 0 aliphatic rings. The molecule has 0 aromatic heterocycles. The number of unbranched alkanes of at least 4 members (excludes halogenated alkanes) is 1. The van der Waals surface area contributed by atoms with Gasteiger partial charge in [0, 0.05) is 39.4 Å². The van der Waals surface area contributed by atoms with Crippen LogP contribution < -0.4 is 21.3 Å². The number of carbonyl (C=O) groups excluding carboxylic acids is 5. The molecule has 220 valence electrons. The number of nitrogens with one attached hydrogen (secondary N) is 4. The minimum absolute atomic E-state index is 0.0417. The van der Waals surface area contributed by atoms with Crippen LogP contribution in [0.2, 0.25) is 0 Å². The summed E-state index contributed by atoms with van der Waals surface area (Å²) in [6.45, 7) is 6.95. The first-order chi connectivity index (χ1) is 19.0. The summed E-state index contributed by atoms with van der Waals surface area (Å²) in [5.41, 5.74) is 9.60. The van der Waals surface area contributed by atoms with Gasteiger partial charge in [0.2, 0.25) is 23.5 Å². The molecule has 40 heavy (non-hydrogen) atoms. The van der Waals surface area contributed by atoms with Crippen molar-refractivity contribution in [2.45, 2.75) is 90.4 Å². The van der Waals surface area contributed by atoms with Gasteiger partial charge in [0.25, 0.3) is 0 Å². The molecule has 0 fully saturated rings. The van der Waals surface area contributed by atoms with Crippen molar-refractivity contribution >= 4 is 35.7 Å². The number of rotatable bonds is 19. The van der Waals surface area contributed by atoms with E-state index in [0.29, 0.717) is 32.2 Å². The fourth-order valence-corrected chi connectivity index (χ4v) is 3.96. The van der Waals surface area contributed by atoms with E-state index < -0.39 is 35.8 Å². The number of hydrogen-bond acceptors (Lipinski definition) is 7. The van der Waals surface area contributed by atoms with Gasteiger partial charge in [-0.3, -0.25) is 19.2 Å². The Balaban J connectivity index is 3.01. The van der Waals surface area contributed by atoms with Crippen molar-refractivity contribution in [2.24, 2.45) is 0 Å². The third-order valence-electron chi connectivity index (χ3n) is 5.79. The number of Topliss-reactive ketones (excluding diaryl/α,β-unsaturated/α-hetero) is 1. The van der Waals surface area contributed by atoms with Gasteiger partial charge in [0.1, 0.15) is 6.04 Å². The van der Waals surface area contributed by atoms with E-state index in [0.717, 1.165) is 11.8 Å². The predicted octanol–water partition coefficient (Wildman–Crippen LogP) is 1.08. The van der Waals surface area contributed by atoms with Crippen molar-refractivity contribution in [3.63, 3.8) is 0 Å². The molecule has 1 rings (SSSR count). The van der Waals surface area contributed by atoms with Crippen molar-refractivity contribution in [3.8, 4) is 0 Å². The summed E-state index contributed by atoms with van der Waals surface area (Å²) in [6.07, 6.45) is 2.30. The van der Waals surface area contributed by atoms with Crippen molar-refractivity contribution in [1.82, 2.24) is 21.3 Å². The van der Waals surface area contributed by atoms with Gasteiger partial charge in [0.15, 0.2) is 0 Å². The van der Waals surface area contributed by atoms with Gasteiger partial charge in [-0.15, -0.1) is 0 Å². The van der Waals surface area contributed by atoms with Crippen LogP contribution in [0.15, 0.2) is 30.3 Å². The van der Waals surface area contributed by atoms with Crippen LogP contribution in [0.1, 0.15) is 65.4 Å². The lowest BCUT2D eigenvalue weighted by Gasteiger charge is -2.25. The van der Waals surface area contributed by atoms with E-state index in [1.165, 1.54) is 13.8 Å². The highest BCUT2D eigenvalue weighted by molar-refractivity contribution is 6.25. The highest BCUT2D eigenvalue weighted by atomic mass is 16.5. The first-order valence-corrected chi connectivity index (χ1v) is 13.5. The van der Waals surface area contributed by atoms with Crippen molar-refractivity contribution < 1.29 is 33.5 Å². The summed E-state index contributed by atoms with van der Waals surface area (Å²) in [7, 11) is 0. The first-order valence-electron chi connectivity index (χ1n) is 13.5. The Morgan fingerprint density at radius 3 is 2.25 bits per heavy atom. The molecule has 0 aliphatic heterocycles. The Morgan fingerprint density at radius 1 is 0.950 bits per heavy atom. The van der Waals surface area contributed by atoms with Crippen LogP contribution in [0.4, 0.5) is 0 Å². The molecule has 0 aliphatic carbocycles. The monoisotopic (exact) mass is 558 g/mol. The zero-order valence-electron chi connectivity index (χ0n) is 23.8. The quantitative estimate of drug-likeness (QED) is 0.0645. The maximum atomic E-state index is 13.4. The fourth-order valence-electron chi connectivity index (χ4n) is 3.96. The molecule has 1 aromatic carbocycles. The van der Waals surface area contributed by atoms with Gasteiger partial charge in [-0.2, -0.15) is 4.79 Å². The Hall–Kier alpha value is -3.89. The lowest BCUT2D eigenvalue weighted by molar-refractivity contribution is -0.152. The molecule has 0 saturated carbocycles. The molecule has 0 bridgehead atoms. The molecule has 3 atom stereocenters. The van der Waals surface area contributed by atoms with Crippen LogP contribution in [0.25, 0.3) is 5.53 Å². The van der Waals surface area contributed by atoms with Gasteiger partial charge >= 0.3 is 12.2 Å². The van der Waals surface area contributed by atoms with Crippen LogP contribution in [-0.2, 0) is 35.1 Å². The molecule has 0 spiro atoms. The molecular formula is C28H42N6O6. The minimum atomic E-state index is -1.09. The summed E-state index contributed by atoms with van der Waals surface area (Å²) >= 11 is 0. The standard InChI is InChI=1S/C28H42N6O6/c1-19(2)40-28(39)26(14-13-24(37)18-32-29)34-27(38)25(12-8-9-15-30-20(3)35)31-17-23(33-21(4)36)16-22-10-6-5-7-11-22/h5-7,10-11,18-19,23,25-26,31H,8-9,12-17H2,1-4H3,(H,30,35)(H,33,36)(H,34,38)/t23?,25-,26-/m0/s1. The average molecular weight is 559 g/mol. The van der Waals surface area contributed by atoms with Gasteiger partial charge in [-0.1, -0.05) is 30.3 Å². The molecule has 12 nitrogen and oxygen atoms in total. The average Bonchev–Trinajstić information content (AvgIpc) is 2.87. The Kier molecular flexibility index (Phi) is 16.4. The second-order valence-electron chi connectivity index (χ2n) is 9.82. The number of benzene rings is 1. The van der Waals surface area contributed by atoms with E-state index in [1.54, 1.807) is 13.8 Å². The summed E-state index contributed by atoms with van der Waals surface area (Å²) < 4.78 is 5.27. The first kappa shape index (κ1) is 34.1. The number of hydrogen-bond donors (Lipinski definition) is 4. The lowest BCUT2D eigenvalue weighted by atomic mass is 10.0. The second-order valence-corrected chi connectivity index (χ2v) is 9.82. The topological polar surface area (TPSA) is 179 Å². The minimum Gasteiger partial charge on any atom is -0.461 e. The molecule has 1 unspecified atom stereocenters. The van der Waals surface area contributed by atoms with Gasteiger partial charge in [-0.25, -0.2) is 4.79 Å². The highest BCUT2D eigenvalue weighted by Gasteiger charge is 2.28. The maximum Gasteiger partial charge on any atom is 0.328 e. The lowest BCUT2D eigenvalue weighted by Crippen LogP contribution is -2.53. The highest BCUT2D eigenvalue weighted by Crippen LogP contribution is 2.08. The molecule has 1 aromatic rings. The SMILES string of the molecule is CC(=O)NCCCC[C@H](NCC(Cc1ccccc1)NC(C)=O)C(=O)N[C@@H](CCC(=O)C=[N+]=[N-])C(=O)OC(C)C. The molecule has 0 heterocycles. The summed E-state index contributed by atoms with van der Waals surface area (Å²) in [5.74, 6) is -1.99. The normalized spacial score (nSPS) is 12.8. The number of amides is 3. The zero-order valence-corrected chi connectivity index (χ0v) is 23.8. The third-order valence-corrected chi connectivity index (χ3v) is 5.79. The Labute approximate surface area is 235 Å². The van der Waals surface area contributed by atoms with Gasteiger partial charge < -0.3 is 31.5 Å². The Morgan fingerprint density at radius 2 is 1.65 bits per heavy atom. The molecule has 4 N–H and O–H groups in total. The summed E-state index contributed by atoms with van der Waals surface area (Å²) in [4.78, 5) is 63.6. The van der Waals surface area contributed by atoms with Crippen LogP contribution in [-0.4, -0.2) is 77.8 Å². The van der Waals surface area contributed by atoms with E-state index in [1.807, 2.05) is 30.3 Å². The van der Waals surface area contributed by atoms with Crippen molar-refractivity contribution in [1.29, 1.82) is 0 Å². The fraction of sp³-hybridized carbons (Fsp3) is 0.571. The van der Waals surface area contributed by atoms with Crippen LogP contribution in [0.3, 0.4) is 0 Å². The third kappa shape index (κ3) is 15.5. The molecule has 12 heteroatoms. The second kappa shape index (κ2) is 19.2. The summed E-state index contributed by atoms with van der Waals surface area (Å²) in [5, 5.41) is 11.6. The molecular weight excluding hydrogens is 516 g/mol. The van der Waals surface area contributed by atoms with E-state index in [-0.39, 0.29) is 37.2 Å².